The van der Waals surface area contributed by atoms with E-state index in [0.717, 1.165) is 12.8 Å². The van der Waals surface area contributed by atoms with Gasteiger partial charge in [-0.25, -0.2) is 0 Å². The normalized spacial score (nSPS) is 37.2. The topological polar surface area (TPSA) is 20.3 Å². The molecule has 1 heterocycles. The number of benzene rings is 1. The predicted octanol–water partition coefficient (Wildman–Crippen LogP) is 2.51. The number of nitrogens with zero attached hydrogens (tertiary/aromatic N) is 1. The number of carbonyl (C=O) groups excluding carboxylic acids is 1. The largest absolute Gasteiger partial charge is 0.342 e. The van der Waals surface area contributed by atoms with Gasteiger partial charge in [0.1, 0.15) is 0 Å². The van der Waals surface area contributed by atoms with Gasteiger partial charge < -0.3 is 4.90 Å². The van der Waals surface area contributed by atoms with Gasteiger partial charge in [0.15, 0.2) is 0 Å². The molecule has 2 heteroatoms. The lowest BCUT2D eigenvalue weighted by atomic mass is 9.63. The van der Waals surface area contributed by atoms with E-state index < -0.39 is 0 Å². The monoisotopic (exact) mass is 230 g/mol. The Morgan fingerprint density at radius 3 is 3.00 bits per heavy atom. The van der Waals surface area contributed by atoms with Crippen LogP contribution < -0.4 is 0 Å². The highest BCUT2D eigenvalue weighted by atomic mass is 16.2. The lowest BCUT2D eigenvalue weighted by Gasteiger charge is -2.50. The van der Waals surface area contributed by atoms with Gasteiger partial charge in [-0.15, -0.1) is 0 Å². The minimum atomic E-state index is -0.326. The summed E-state index contributed by atoms with van der Waals surface area (Å²) in [6, 6.07) is 8.61. The maximum Gasteiger partial charge on any atom is 0.222 e. The van der Waals surface area contributed by atoms with Gasteiger partial charge in [-0.05, 0) is 30.4 Å². The molecule has 0 saturated carbocycles. The Morgan fingerprint density at radius 1 is 1.41 bits per heavy atom. The van der Waals surface area contributed by atoms with Crippen LogP contribution in [0.1, 0.15) is 38.7 Å². The molecule has 3 unspecified atom stereocenters. The van der Waals surface area contributed by atoms with E-state index in [2.05, 4.69) is 31.2 Å². The van der Waals surface area contributed by atoms with Crippen molar-refractivity contribution >= 4 is 5.91 Å². The van der Waals surface area contributed by atoms with Crippen molar-refractivity contribution in [2.24, 2.45) is 0 Å². The molecule has 0 spiro atoms. The molecule has 3 atom stereocenters. The fourth-order valence-corrected chi connectivity index (χ4v) is 3.49. The zero-order valence-electron chi connectivity index (χ0n) is 11.4. The van der Waals surface area contributed by atoms with E-state index in [4.69, 9.17) is 1.37 Å². The Balaban J connectivity index is 2.14. The summed E-state index contributed by atoms with van der Waals surface area (Å²) in [6.45, 7) is 2.16. The Labute approximate surface area is 104 Å². The minimum Gasteiger partial charge on any atom is -0.342 e. The summed E-state index contributed by atoms with van der Waals surface area (Å²) in [5, 5.41) is 0. The second-order valence-electron chi connectivity index (χ2n) is 5.41. The van der Waals surface area contributed by atoms with Gasteiger partial charge in [-0.1, -0.05) is 31.2 Å². The highest BCUT2D eigenvalue weighted by Crippen LogP contribution is 2.45. The highest BCUT2D eigenvalue weighted by molar-refractivity contribution is 5.78. The number of fused-ring (bicyclic) bond motifs is 3. The van der Waals surface area contributed by atoms with Crippen molar-refractivity contribution in [1.82, 2.24) is 4.90 Å². The quantitative estimate of drug-likeness (QED) is 0.670. The van der Waals surface area contributed by atoms with Gasteiger partial charge >= 0.3 is 0 Å². The van der Waals surface area contributed by atoms with Crippen molar-refractivity contribution in [2.75, 3.05) is 7.05 Å². The molecule has 2 nitrogen and oxygen atoms in total. The summed E-state index contributed by atoms with van der Waals surface area (Å²) in [5.74, 6) is 0.122. The summed E-state index contributed by atoms with van der Waals surface area (Å²) in [4.78, 5) is 13.8. The standard InChI is InChI=1S/C15H19NO/c1-15-10-9-14(17)16(2)13(15)8-7-11-5-3-4-6-12(11)15/h3-6,13H,7-10H2,1-2H3/i10D. The second-order valence-corrected chi connectivity index (χ2v) is 5.41. The van der Waals surface area contributed by atoms with Crippen LogP contribution in [0.2, 0.25) is 0 Å². The second kappa shape index (κ2) is 3.59. The van der Waals surface area contributed by atoms with E-state index in [0.29, 0.717) is 6.42 Å². The van der Waals surface area contributed by atoms with Crippen LogP contribution in [0.3, 0.4) is 0 Å². The maximum absolute atomic E-state index is 11.9. The number of likely N-dealkylation sites (tertiary alicyclic amines) is 1. The average molecular weight is 230 g/mol. The van der Waals surface area contributed by atoms with Gasteiger partial charge in [0.25, 0.3) is 0 Å². The molecule has 0 N–H and O–H groups in total. The molecule has 1 aromatic rings. The van der Waals surface area contributed by atoms with E-state index in [1.807, 2.05) is 11.9 Å². The number of rotatable bonds is 0. The van der Waals surface area contributed by atoms with E-state index >= 15 is 0 Å². The summed E-state index contributed by atoms with van der Waals surface area (Å²) < 4.78 is 8.40. The van der Waals surface area contributed by atoms with Gasteiger partial charge in [0.2, 0.25) is 5.91 Å². The van der Waals surface area contributed by atoms with Crippen LogP contribution in [0.4, 0.5) is 0 Å². The third kappa shape index (κ3) is 1.43. The number of aryl methyl sites for hydroxylation is 1. The number of piperidine rings is 1. The Hall–Kier alpha value is -1.31. The first-order valence-corrected chi connectivity index (χ1v) is 6.31. The number of hydrogen-bond donors (Lipinski definition) is 0. The summed E-state index contributed by atoms with van der Waals surface area (Å²) in [7, 11) is 1.89. The Morgan fingerprint density at radius 2 is 2.18 bits per heavy atom. The zero-order valence-corrected chi connectivity index (χ0v) is 10.4. The molecule has 1 aromatic carbocycles. The third-order valence-corrected chi connectivity index (χ3v) is 4.54. The maximum atomic E-state index is 11.9. The molecule has 1 amide bonds. The first-order chi connectivity index (χ1) is 8.55. The van der Waals surface area contributed by atoms with E-state index in [9.17, 15) is 4.79 Å². The molecule has 1 fully saturated rings. The van der Waals surface area contributed by atoms with Gasteiger partial charge in [0, 0.05) is 26.3 Å². The van der Waals surface area contributed by atoms with Crippen LogP contribution in [0.15, 0.2) is 24.3 Å². The van der Waals surface area contributed by atoms with Crippen molar-refractivity contribution in [3.8, 4) is 0 Å². The van der Waals surface area contributed by atoms with Crippen molar-refractivity contribution in [3.05, 3.63) is 35.4 Å². The summed E-state index contributed by atoms with van der Waals surface area (Å²) in [6.07, 6.45) is 2.01. The minimum absolute atomic E-state index is 0.122. The van der Waals surface area contributed by atoms with Crippen LogP contribution >= 0.6 is 0 Å². The molecular formula is C15H19NO. The SMILES string of the molecule is [2H]C1CC(=O)N(C)C2CCc3ccccc3C12C. The number of likely N-dealkylation sites (N-methyl/N-ethyl adjacent to an activating group) is 1. The molecule has 0 radical (unpaired) electrons. The Bertz CT molecular complexity index is 501. The third-order valence-electron chi connectivity index (χ3n) is 4.54. The molecule has 90 valence electrons. The summed E-state index contributed by atoms with van der Waals surface area (Å²) >= 11 is 0. The Kier molecular flexibility index (Phi) is 2.05. The van der Waals surface area contributed by atoms with Crippen molar-refractivity contribution in [1.29, 1.82) is 0 Å². The molecule has 17 heavy (non-hydrogen) atoms. The van der Waals surface area contributed by atoms with Gasteiger partial charge in [0.05, 0.1) is 0 Å². The van der Waals surface area contributed by atoms with Gasteiger partial charge in [-0.3, -0.25) is 4.79 Å². The number of hydrogen-bond acceptors (Lipinski definition) is 1. The van der Waals surface area contributed by atoms with Crippen LogP contribution in [0.5, 0.6) is 0 Å². The van der Waals surface area contributed by atoms with Gasteiger partial charge in [-0.2, -0.15) is 0 Å². The van der Waals surface area contributed by atoms with Crippen molar-refractivity contribution in [3.63, 3.8) is 0 Å². The summed E-state index contributed by atoms with van der Waals surface area (Å²) in [5.41, 5.74) is 2.43. The highest BCUT2D eigenvalue weighted by Gasteiger charge is 2.46. The molecule has 0 aromatic heterocycles. The zero-order chi connectivity index (χ0) is 12.9. The number of amides is 1. The molecule has 0 bridgehead atoms. The fraction of sp³-hybridized carbons (Fsp3) is 0.533. The fourth-order valence-electron chi connectivity index (χ4n) is 3.49. The molecule has 3 rings (SSSR count). The lowest BCUT2D eigenvalue weighted by molar-refractivity contribution is -0.138. The van der Waals surface area contributed by atoms with Crippen molar-refractivity contribution < 1.29 is 6.17 Å². The van der Waals surface area contributed by atoms with Crippen LogP contribution in [0, 0.1) is 0 Å². The van der Waals surface area contributed by atoms with Crippen LogP contribution in [-0.4, -0.2) is 23.9 Å². The lowest BCUT2D eigenvalue weighted by Crippen LogP contribution is -2.56. The number of carbonyl (C=O) groups is 1. The molecule has 1 aliphatic heterocycles. The molecular weight excluding hydrogens is 210 g/mol. The van der Waals surface area contributed by atoms with Crippen LogP contribution in [0.25, 0.3) is 0 Å². The molecule has 1 saturated heterocycles. The first-order valence-electron chi connectivity index (χ1n) is 6.89. The van der Waals surface area contributed by atoms with E-state index in [1.165, 1.54) is 11.1 Å². The van der Waals surface area contributed by atoms with Crippen LogP contribution in [-0.2, 0) is 16.6 Å². The van der Waals surface area contributed by atoms with E-state index in [1.54, 1.807) is 0 Å². The molecule has 2 aliphatic rings. The smallest absolute Gasteiger partial charge is 0.222 e. The van der Waals surface area contributed by atoms with Crippen molar-refractivity contribution in [2.45, 2.75) is 44.0 Å². The predicted molar refractivity (Wildman–Crippen MR) is 67.9 cm³/mol. The first kappa shape index (κ1) is 9.69. The van der Waals surface area contributed by atoms with E-state index in [-0.39, 0.29) is 23.8 Å². The molecule has 1 aliphatic carbocycles. The average Bonchev–Trinajstić information content (AvgIpc) is 2.37.